The topological polar surface area (TPSA) is 42.2 Å². The van der Waals surface area contributed by atoms with E-state index in [-0.39, 0.29) is 23.3 Å². The Morgan fingerprint density at radius 1 is 1.19 bits per heavy atom. The van der Waals surface area contributed by atoms with Crippen LogP contribution in [0.1, 0.15) is 80.2 Å². The molecule has 0 aliphatic heterocycles. The monoisotopic (exact) mass is 289 g/mol. The standard InChI is InChI=1S/C18H27NO2/c1-12-9-13-15(10-18(2,3)11-17(13)21)19(12)14-7-5-4-6-8-16(14)20/h9,14,16,20H,4-8,10-11H2,1-3H3. The highest BCUT2D eigenvalue weighted by Crippen LogP contribution is 2.39. The van der Waals surface area contributed by atoms with E-state index in [0.29, 0.717) is 6.42 Å². The first kappa shape index (κ1) is 14.8. The molecule has 2 aliphatic carbocycles. The van der Waals surface area contributed by atoms with Crippen LogP contribution in [0.2, 0.25) is 0 Å². The number of aryl methyl sites for hydroxylation is 1. The van der Waals surface area contributed by atoms with E-state index in [1.165, 1.54) is 18.5 Å². The van der Waals surface area contributed by atoms with Gasteiger partial charge in [-0.3, -0.25) is 4.79 Å². The SMILES string of the molecule is Cc1cc2c(n1C1CCCCCC1O)CC(C)(C)CC2=O. The maximum absolute atomic E-state index is 12.4. The molecule has 3 rings (SSSR count). The summed E-state index contributed by atoms with van der Waals surface area (Å²) < 4.78 is 2.30. The summed E-state index contributed by atoms with van der Waals surface area (Å²) in [5, 5.41) is 10.5. The van der Waals surface area contributed by atoms with Crippen molar-refractivity contribution >= 4 is 5.78 Å². The van der Waals surface area contributed by atoms with Crippen molar-refractivity contribution in [1.29, 1.82) is 0 Å². The summed E-state index contributed by atoms with van der Waals surface area (Å²) in [7, 11) is 0. The third-order valence-electron chi connectivity index (χ3n) is 5.20. The number of carbonyl (C=O) groups excluding carboxylic acids is 1. The molecule has 1 aromatic heterocycles. The third kappa shape index (κ3) is 2.68. The van der Waals surface area contributed by atoms with Crippen molar-refractivity contribution in [3.05, 3.63) is 23.0 Å². The van der Waals surface area contributed by atoms with Crippen LogP contribution in [0.15, 0.2) is 6.07 Å². The highest BCUT2D eigenvalue weighted by Gasteiger charge is 2.36. The quantitative estimate of drug-likeness (QED) is 0.799. The molecule has 2 aliphatic rings. The van der Waals surface area contributed by atoms with Crippen LogP contribution < -0.4 is 0 Å². The molecular formula is C18H27NO2. The zero-order valence-corrected chi connectivity index (χ0v) is 13.5. The zero-order chi connectivity index (χ0) is 15.2. The second-order valence-corrected chi connectivity index (χ2v) is 7.73. The van der Waals surface area contributed by atoms with Crippen LogP contribution >= 0.6 is 0 Å². The molecule has 0 radical (unpaired) electrons. The van der Waals surface area contributed by atoms with E-state index in [2.05, 4.69) is 25.3 Å². The fraction of sp³-hybridized carbons (Fsp3) is 0.722. The number of rotatable bonds is 1. The first-order valence-corrected chi connectivity index (χ1v) is 8.31. The first-order chi connectivity index (χ1) is 9.89. The Bertz CT molecular complexity index is 556. The molecule has 0 amide bonds. The number of ketones is 1. The number of aromatic nitrogens is 1. The van der Waals surface area contributed by atoms with Crippen LogP contribution in [0.25, 0.3) is 0 Å². The van der Waals surface area contributed by atoms with E-state index in [0.717, 1.165) is 36.9 Å². The summed E-state index contributed by atoms with van der Waals surface area (Å²) in [5.41, 5.74) is 3.24. The molecule has 0 spiro atoms. The molecule has 3 nitrogen and oxygen atoms in total. The van der Waals surface area contributed by atoms with Gasteiger partial charge in [0.15, 0.2) is 5.78 Å². The van der Waals surface area contributed by atoms with Crippen LogP contribution in [-0.2, 0) is 6.42 Å². The van der Waals surface area contributed by atoms with Crippen LogP contribution in [0.5, 0.6) is 0 Å². The average molecular weight is 289 g/mol. The highest BCUT2D eigenvalue weighted by molar-refractivity contribution is 5.99. The number of aliphatic hydroxyl groups excluding tert-OH is 1. The molecule has 0 saturated heterocycles. The van der Waals surface area contributed by atoms with Crippen molar-refractivity contribution in [3.63, 3.8) is 0 Å². The molecule has 3 heteroatoms. The first-order valence-electron chi connectivity index (χ1n) is 8.31. The molecule has 1 aromatic rings. The predicted octanol–water partition coefficient (Wildman–Crippen LogP) is 3.82. The number of hydrogen-bond donors (Lipinski definition) is 1. The summed E-state index contributed by atoms with van der Waals surface area (Å²) in [6.45, 7) is 6.42. The van der Waals surface area contributed by atoms with Gasteiger partial charge in [-0.05, 0) is 37.7 Å². The van der Waals surface area contributed by atoms with Crippen LogP contribution in [0.4, 0.5) is 0 Å². The molecule has 1 N–H and O–H groups in total. The summed E-state index contributed by atoms with van der Waals surface area (Å²) in [4.78, 5) is 12.4. The van der Waals surface area contributed by atoms with E-state index >= 15 is 0 Å². The molecule has 1 heterocycles. The maximum Gasteiger partial charge on any atom is 0.165 e. The lowest BCUT2D eigenvalue weighted by molar-refractivity contribution is 0.0885. The summed E-state index contributed by atoms with van der Waals surface area (Å²) in [6.07, 6.45) is 6.70. The second kappa shape index (κ2) is 5.28. The van der Waals surface area contributed by atoms with Gasteiger partial charge in [-0.1, -0.05) is 33.1 Å². The van der Waals surface area contributed by atoms with E-state index in [4.69, 9.17) is 0 Å². The van der Waals surface area contributed by atoms with Gasteiger partial charge in [0.1, 0.15) is 0 Å². The molecule has 1 fully saturated rings. The smallest absolute Gasteiger partial charge is 0.165 e. The van der Waals surface area contributed by atoms with Gasteiger partial charge in [-0.15, -0.1) is 0 Å². The molecule has 1 saturated carbocycles. The number of fused-ring (bicyclic) bond motifs is 1. The van der Waals surface area contributed by atoms with Gasteiger partial charge in [0.2, 0.25) is 0 Å². The Labute approximate surface area is 127 Å². The molecule has 2 atom stereocenters. The highest BCUT2D eigenvalue weighted by atomic mass is 16.3. The van der Waals surface area contributed by atoms with Crippen LogP contribution in [0.3, 0.4) is 0 Å². The molecule has 116 valence electrons. The van der Waals surface area contributed by atoms with Gasteiger partial charge in [-0.25, -0.2) is 0 Å². The van der Waals surface area contributed by atoms with Crippen molar-refractivity contribution in [2.45, 2.75) is 77.9 Å². The zero-order valence-electron chi connectivity index (χ0n) is 13.5. The van der Waals surface area contributed by atoms with Crippen LogP contribution in [-0.4, -0.2) is 21.6 Å². The van der Waals surface area contributed by atoms with Crippen LogP contribution in [0, 0.1) is 12.3 Å². The third-order valence-corrected chi connectivity index (χ3v) is 5.20. The molecule has 2 unspecified atom stereocenters. The largest absolute Gasteiger partial charge is 0.391 e. The van der Waals surface area contributed by atoms with Crippen molar-refractivity contribution in [2.24, 2.45) is 5.41 Å². The normalized spacial score (nSPS) is 29.0. The number of aliphatic hydroxyl groups is 1. The number of hydrogen-bond acceptors (Lipinski definition) is 2. The van der Waals surface area contributed by atoms with Crippen molar-refractivity contribution in [1.82, 2.24) is 4.57 Å². The van der Waals surface area contributed by atoms with E-state index in [1.54, 1.807) is 0 Å². The molecular weight excluding hydrogens is 262 g/mol. The van der Waals surface area contributed by atoms with E-state index in [9.17, 15) is 9.90 Å². The van der Waals surface area contributed by atoms with Gasteiger partial charge in [0.25, 0.3) is 0 Å². The number of carbonyl (C=O) groups is 1. The van der Waals surface area contributed by atoms with Gasteiger partial charge in [0, 0.05) is 23.4 Å². The van der Waals surface area contributed by atoms with Gasteiger partial charge >= 0.3 is 0 Å². The Morgan fingerprint density at radius 3 is 2.67 bits per heavy atom. The minimum atomic E-state index is -0.275. The fourth-order valence-electron chi connectivity index (χ4n) is 4.20. The fourth-order valence-corrected chi connectivity index (χ4v) is 4.20. The lowest BCUT2D eigenvalue weighted by Crippen LogP contribution is -2.31. The number of Topliss-reactive ketones (excluding diaryl/α,β-unsaturated/α-hetero) is 1. The minimum Gasteiger partial charge on any atom is -0.391 e. The van der Waals surface area contributed by atoms with Crippen molar-refractivity contribution in [3.8, 4) is 0 Å². The Hall–Kier alpha value is -1.09. The van der Waals surface area contributed by atoms with Gasteiger partial charge < -0.3 is 9.67 Å². The summed E-state index contributed by atoms with van der Waals surface area (Å²) in [6, 6.07) is 2.20. The Kier molecular flexibility index (Phi) is 3.73. The van der Waals surface area contributed by atoms with E-state index < -0.39 is 0 Å². The van der Waals surface area contributed by atoms with Crippen molar-refractivity contribution < 1.29 is 9.90 Å². The summed E-state index contributed by atoms with van der Waals surface area (Å²) >= 11 is 0. The van der Waals surface area contributed by atoms with Gasteiger partial charge in [-0.2, -0.15) is 0 Å². The average Bonchev–Trinajstić information content (AvgIpc) is 2.56. The predicted molar refractivity (Wildman–Crippen MR) is 83.7 cm³/mol. The molecule has 0 bridgehead atoms. The second-order valence-electron chi connectivity index (χ2n) is 7.73. The molecule has 0 aromatic carbocycles. The molecule has 21 heavy (non-hydrogen) atoms. The number of nitrogens with zero attached hydrogens (tertiary/aromatic N) is 1. The lowest BCUT2D eigenvalue weighted by Gasteiger charge is -2.33. The minimum absolute atomic E-state index is 0.0301. The Balaban J connectivity index is 2.05. The van der Waals surface area contributed by atoms with E-state index in [1.807, 2.05) is 6.07 Å². The van der Waals surface area contributed by atoms with Gasteiger partial charge in [0.05, 0.1) is 12.1 Å². The maximum atomic E-state index is 12.4. The lowest BCUT2D eigenvalue weighted by atomic mass is 9.76. The summed E-state index contributed by atoms with van der Waals surface area (Å²) in [5.74, 6) is 0.270. The van der Waals surface area contributed by atoms with Crippen molar-refractivity contribution in [2.75, 3.05) is 0 Å². The Morgan fingerprint density at radius 2 is 1.90 bits per heavy atom.